The number of hydrogen-bond acceptors (Lipinski definition) is 6. The van der Waals surface area contributed by atoms with E-state index in [1.807, 2.05) is 0 Å². The highest BCUT2D eigenvalue weighted by Crippen LogP contribution is 2.34. The number of rotatable bonds is 8. The van der Waals surface area contributed by atoms with E-state index in [2.05, 4.69) is 0 Å². The average molecular weight is 389 g/mol. The van der Waals surface area contributed by atoms with Crippen molar-refractivity contribution in [1.29, 1.82) is 0 Å². The van der Waals surface area contributed by atoms with Crippen LogP contribution in [0.2, 0.25) is 0 Å². The molecule has 0 aliphatic rings. The molecule has 0 bridgehead atoms. The van der Waals surface area contributed by atoms with Gasteiger partial charge in [-0.2, -0.15) is 4.39 Å². The molecule has 0 aromatic heterocycles. The van der Waals surface area contributed by atoms with Crippen molar-refractivity contribution >= 4 is 17.6 Å². The van der Waals surface area contributed by atoms with Crippen LogP contribution in [0.3, 0.4) is 0 Å². The number of esters is 2. The highest BCUT2D eigenvalue weighted by atomic mass is 19.1. The molecule has 2 aromatic rings. The van der Waals surface area contributed by atoms with Gasteiger partial charge in [0.2, 0.25) is 5.82 Å². The first-order chi connectivity index (χ1) is 13.4. The fraction of sp³-hybridized carbons (Fsp3) is 0.300. The lowest BCUT2D eigenvalue weighted by atomic mass is 9.75. The van der Waals surface area contributed by atoms with Crippen LogP contribution >= 0.6 is 0 Å². The molecule has 0 saturated carbocycles. The zero-order chi connectivity index (χ0) is 20.7. The van der Waals surface area contributed by atoms with E-state index < -0.39 is 33.8 Å². The van der Waals surface area contributed by atoms with E-state index in [1.165, 1.54) is 6.07 Å². The van der Waals surface area contributed by atoms with E-state index >= 15 is 0 Å². The molecule has 148 valence electrons. The predicted octanol–water partition coefficient (Wildman–Crippen LogP) is 3.34. The minimum Gasteiger partial charge on any atom is -0.465 e. The zero-order valence-corrected chi connectivity index (χ0v) is 15.5. The highest BCUT2D eigenvalue weighted by Gasteiger charge is 2.51. The molecule has 0 heterocycles. The lowest BCUT2D eigenvalue weighted by Crippen LogP contribution is -2.48. The lowest BCUT2D eigenvalue weighted by molar-refractivity contribution is -0.387. The predicted molar refractivity (Wildman–Crippen MR) is 98.1 cm³/mol. The van der Waals surface area contributed by atoms with Crippen LogP contribution in [0.25, 0.3) is 0 Å². The standard InChI is InChI=1S/C20H20FNO6/c1-3-27-18(23)20(19(24)28-4-2,13-14-8-6-5-7-9-14)15-10-11-17(22(25)26)16(21)12-15/h5-12H,3-4,13H2,1-2H3. The molecule has 0 saturated heterocycles. The van der Waals surface area contributed by atoms with Crippen LogP contribution in [0.5, 0.6) is 0 Å². The Morgan fingerprint density at radius 2 is 1.61 bits per heavy atom. The van der Waals surface area contributed by atoms with E-state index in [4.69, 9.17) is 9.47 Å². The Bertz CT molecular complexity index is 850. The van der Waals surface area contributed by atoms with Crippen molar-refractivity contribution in [1.82, 2.24) is 0 Å². The molecule has 8 heteroatoms. The first-order valence-electron chi connectivity index (χ1n) is 8.69. The molecule has 0 amide bonds. The quantitative estimate of drug-likeness (QED) is 0.297. The third kappa shape index (κ3) is 4.16. The van der Waals surface area contributed by atoms with Gasteiger partial charge in [0.1, 0.15) is 0 Å². The Balaban J connectivity index is 2.70. The largest absolute Gasteiger partial charge is 0.465 e. The van der Waals surface area contributed by atoms with E-state index in [0.29, 0.717) is 5.56 Å². The zero-order valence-electron chi connectivity index (χ0n) is 15.5. The Kier molecular flexibility index (Phi) is 6.81. The molecule has 2 rings (SSSR count). The highest BCUT2D eigenvalue weighted by molar-refractivity contribution is 6.06. The number of halogens is 1. The monoisotopic (exact) mass is 389 g/mol. The van der Waals surface area contributed by atoms with Gasteiger partial charge in [-0.15, -0.1) is 0 Å². The maximum absolute atomic E-state index is 14.3. The van der Waals surface area contributed by atoms with Crippen molar-refractivity contribution in [3.63, 3.8) is 0 Å². The van der Waals surface area contributed by atoms with Crippen molar-refractivity contribution in [3.05, 3.63) is 75.6 Å². The number of carbonyl (C=O) groups excluding carboxylic acids is 2. The summed E-state index contributed by atoms with van der Waals surface area (Å²) < 4.78 is 24.6. The molecule has 0 aliphatic heterocycles. The van der Waals surface area contributed by atoms with Crippen LogP contribution in [-0.2, 0) is 30.9 Å². The Morgan fingerprint density at radius 3 is 2.07 bits per heavy atom. The van der Waals surface area contributed by atoms with Crippen LogP contribution in [0.1, 0.15) is 25.0 Å². The molecule has 0 N–H and O–H groups in total. The van der Waals surface area contributed by atoms with Crippen LogP contribution in [0, 0.1) is 15.9 Å². The van der Waals surface area contributed by atoms with E-state index in [9.17, 15) is 24.1 Å². The van der Waals surface area contributed by atoms with Gasteiger partial charge in [0.25, 0.3) is 0 Å². The van der Waals surface area contributed by atoms with Gasteiger partial charge in [-0.05, 0) is 31.0 Å². The van der Waals surface area contributed by atoms with Gasteiger partial charge in [-0.1, -0.05) is 36.4 Å². The van der Waals surface area contributed by atoms with Gasteiger partial charge in [0.15, 0.2) is 5.41 Å². The van der Waals surface area contributed by atoms with Crippen molar-refractivity contribution in [3.8, 4) is 0 Å². The number of nitro benzene ring substituents is 1. The first-order valence-corrected chi connectivity index (χ1v) is 8.69. The summed E-state index contributed by atoms with van der Waals surface area (Å²) in [6.07, 6.45) is -0.150. The fourth-order valence-electron chi connectivity index (χ4n) is 2.90. The Labute approximate surface area is 161 Å². The summed E-state index contributed by atoms with van der Waals surface area (Å²) in [5, 5.41) is 10.9. The first kappa shape index (κ1) is 21.0. The van der Waals surface area contributed by atoms with Gasteiger partial charge < -0.3 is 9.47 Å². The number of carbonyl (C=O) groups is 2. The van der Waals surface area contributed by atoms with Crippen LogP contribution in [0.4, 0.5) is 10.1 Å². The minimum absolute atomic E-state index is 0.00968. The lowest BCUT2D eigenvalue weighted by Gasteiger charge is -2.29. The SMILES string of the molecule is CCOC(=O)C(Cc1ccccc1)(C(=O)OCC)c1ccc([N+](=O)[O-])c(F)c1. The number of nitro groups is 1. The smallest absolute Gasteiger partial charge is 0.328 e. The maximum Gasteiger partial charge on any atom is 0.328 e. The van der Waals surface area contributed by atoms with Crippen LogP contribution in [0.15, 0.2) is 48.5 Å². The second kappa shape index (κ2) is 9.07. The molecular weight excluding hydrogens is 369 g/mol. The molecule has 0 aliphatic carbocycles. The van der Waals surface area contributed by atoms with Gasteiger partial charge in [-0.3, -0.25) is 19.7 Å². The molecule has 0 spiro atoms. The van der Waals surface area contributed by atoms with Crippen molar-refractivity contribution in [2.45, 2.75) is 25.7 Å². The van der Waals surface area contributed by atoms with Crippen LogP contribution < -0.4 is 0 Å². The van der Waals surface area contributed by atoms with Crippen LogP contribution in [-0.4, -0.2) is 30.1 Å². The second-order valence-electron chi connectivity index (χ2n) is 5.93. The summed E-state index contributed by atoms with van der Waals surface area (Å²) >= 11 is 0. The van der Waals surface area contributed by atoms with E-state index in [-0.39, 0.29) is 25.2 Å². The summed E-state index contributed by atoms with van der Waals surface area (Å²) in [5.41, 5.74) is -2.22. The molecule has 2 aromatic carbocycles. The summed E-state index contributed by atoms with van der Waals surface area (Å²) in [4.78, 5) is 35.9. The molecule has 0 radical (unpaired) electrons. The minimum atomic E-state index is -2.00. The molecule has 0 fully saturated rings. The molecular formula is C20H20FNO6. The van der Waals surface area contributed by atoms with Gasteiger partial charge in [-0.25, -0.2) is 0 Å². The average Bonchev–Trinajstić information content (AvgIpc) is 2.66. The van der Waals surface area contributed by atoms with Gasteiger partial charge >= 0.3 is 17.6 Å². The number of ether oxygens (including phenoxy) is 2. The molecule has 0 atom stereocenters. The molecule has 28 heavy (non-hydrogen) atoms. The third-order valence-electron chi connectivity index (χ3n) is 4.20. The third-order valence-corrected chi connectivity index (χ3v) is 4.20. The second-order valence-corrected chi connectivity index (χ2v) is 5.93. The van der Waals surface area contributed by atoms with E-state index in [0.717, 1.165) is 12.1 Å². The summed E-state index contributed by atoms with van der Waals surface area (Å²) in [5.74, 6) is -2.98. The maximum atomic E-state index is 14.3. The van der Waals surface area contributed by atoms with Crippen molar-refractivity contribution < 1.29 is 28.4 Å². The van der Waals surface area contributed by atoms with Gasteiger partial charge in [0.05, 0.1) is 18.1 Å². The number of benzene rings is 2. The molecule has 0 unspecified atom stereocenters. The Hall–Kier alpha value is -3.29. The number of hydrogen-bond donors (Lipinski definition) is 0. The number of nitrogens with zero attached hydrogens (tertiary/aromatic N) is 1. The summed E-state index contributed by atoms with van der Waals surface area (Å²) in [6, 6.07) is 11.5. The fourth-order valence-corrected chi connectivity index (χ4v) is 2.90. The Morgan fingerprint density at radius 1 is 1.04 bits per heavy atom. The van der Waals surface area contributed by atoms with E-state index in [1.54, 1.807) is 44.2 Å². The van der Waals surface area contributed by atoms with Crippen molar-refractivity contribution in [2.24, 2.45) is 0 Å². The summed E-state index contributed by atoms with van der Waals surface area (Å²) in [7, 11) is 0. The topological polar surface area (TPSA) is 95.7 Å². The van der Waals surface area contributed by atoms with Gasteiger partial charge in [0, 0.05) is 12.5 Å². The van der Waals surface area contributed by atoms with Crippen molar-refractivity contribution in [2.75, 3.05) is 13.2 Å². The molecule has 7 nitrogen and oxygen atoms in total. The normalized spacial score (nSPS) is 11.0. The summed E-state index contributed by atoms with van der Waals surface area (Å²) in [6.45, 7) is 3.13.